The van der Waals surface area contributed by atoms with Gasteiger partial charge in [0.05, 0.1) is 0 Å². The zero-order chi connectivity index (χ0) is 20.8. The van der Waals surface area contributed by atoms with Crippen molar-refractivity contribution in [1.82, 2.24) is 25.7 Å². The van der Waals surface area contributed by atoms with Gasteiger partial charge < -0.3 is 20.1 Å². The minimum absolute atomic E-state index is 0. The number of nitrogens with zero attached hydrogens (tertiary/aromatic N) is 4. The standard InChI is InChI=1S/C22H31ClN6O.HI/c1-24-22(26-18-11-14-29(15-12-18)19-4-2-3-5-19)25-13-10-20-27-21(28-30-20)16-6-8-17(23)9-7-16;/h6-9,18-19H,2-5,10-15H2,1H3,(H2,24,25,26);1H. The number of benzene rings is 1. The SMILES string of the molecule is CN=C(NCCc1nc(-c2ccc(Cl)cc2)no1)NC1CCN(C2CCCC2)CC1.I. The van der Waals surface area contributed by atoms with E-state index in [1.807, 2.05) is 31.3 Å². The lowest BCUT2D eigenvalue weighted by atomic mass is 10.0. The molecule has 170 valence electrons. The zero-order valence-electron chi connectivity index (χ0n) is 18.0. The summed E-state index contributed by atoms with van der Waals surface area (Å²) in [5, 5.41) is 11.7. The second-order valence-corrected chi connectivity index (χ2v) is 8.60. The average molecular weight is 559 g/mol. The summed E-state index contributed by atoms with van der Waals surface area (Å²) in [5.74, 6) is 2.03. The second-order valence-electron chi connectivity index (χ2n) is 8.16. The molecule has 0 unspecified atom stereocenters. The van der Waals surface area contributed by atoms with Crippen molar-refractivity contribution in [3.63, 3.8) is 0 Å². The number of halogens is 2. The molecule has 31 heavy (non-hydrogen) atoms. The fraction of sp³-hybridized carbons (Fsp3) is 0.591. The molecule has 1 aromatic carbocycles. The van der Waals surface area contributed by atoms with Gasteiger partial charge in [0.2, 0.25) is 11.7 Å². The molecule has 2 aromatic rings. The summed E-state index contributed by atoms with van der Waals surface area (Å²) in [6.07, 6.45) is 8.56. The highest BCUT2D eigenvalue weighted by molar-refractivity contribution is 14.0. The van der Waals surface area contributed by atoms with Gasteiger partial charge >= 0.3 is 0 Å². The summed E-state index contributed by atoms with van der Waals surface area (Å²) in [5.41, 5.74) is 0.892. The molecular weight excluding hydrogens is 527 g/mol. The Hall–Kier alpha value is -1.39. The summed E-state index contributed by atoms with van der Waals surface area (Å²) < 4.78 is 5.38. The molecule has 2 aliphatic rings. The first-order chi connectivity index (χ1) is 14.7. The number of hydrogen-bond acceptors (Lipinski definition) is 5. The minimum atomic E-state index is 0. The summed E-state index contributed by atoms with van der Waals surface area (Å²) >= 11 is 5.93. The van der Waals surface area contributed by atoms with Crippen molar-refractivity contribution in [2.45, 2.75) is 57.0 Å². The quantitative estimate of drug-likeness (QED) is 0.316. The molecule has 1 aliphatic carbocycles. The van der Waals surface area contributed by atoms with Crippen molar-refractivity contribution in [2.75, 3.05) is 26.7 Å². The third-order valence-corrected chi connectivity index (χ3v) is 6.39. The predicted octanol–water partition coefficient (Wildman–Crippen LogP) is 4.12. The van der Waals surface area contributed by atoms with Crippen LogP contribution in [0.25, 0.3) is 11.4 Å². The third-order valence-electron chi connectivity index (χ3n) is 6.14. The monoisotopic (exact) mass is 558 g/mol. The highest BCUT2D eigenvalue weighted by atomic mass is 127. The van der Waals surface area contributed by atoms with Crippen LogP contribution < -0.4 is 10.6 Å². The van der Waals surface area contributed by atoms with E-state index in [9.17, 15) is 0 Å². The van der Waals surface area contributed by atoms with Gasteiger partial charge in [0, 0.05) is 55.8 Å². The molecule has 0 spiro atoms. The fourth-order valence-corrected chi connectivity index (χ4v) is 4.55. The first-order valence-electron chi connectivity index (χ1n) is 11.0. The first-order valence-corrected chi connectivity index (χ1v) is 11.4. The third kappa shape index (κ3) is 6.79. The van der Waals surface area contributed by atoms with Gasteiger partial charge in [-0.1, -0.05) is 29.6 Å². The number of likely N-dealkylation sites (tertiary alicyclic amines) is 1. The predicted molar refractivity (Wildman–Crippen MR) is 135 cm³/mol. The van der Waals surface area contributed by atoms with Gasteiger partial charge in [0.15, 0.2) is 5.96 Å². The van der Waals surface area contributed by atoms with E-state index in [0.29, 0.717) is 35.7 Å². The van der Waals surface area contributed by atoms with E-state index in [4.69, 9.17) is 16.1 Å². The molecule has 2 heterocycles. The van der Waals surface area contributed by atoms with Crippen molar-refractivity contribution < 1.29 is 4.52 Å². The average Bonchev–Trinajstić information content (AvgIpc) is 3.47. The Balaban J connectivity index is 0.00000272. The summed E-state index contributed by atoms with van der Waals surface area (Å²) in [4.78, 5) is 11.5. The van der Waals surface area contributed by atoms with E-state index in [1.54, 1.807) is 0 Å². The lowest BCUT2D eigenvalue weighted by Crippen LogP contribution is -2.50. The van der Waals surface area contributed by atoms with Crippen LogP contribution in [0.1, 0.15) is 44.4 Å². The van der Waals surface area contributed by atoms with E-state index in [2.05, 4.69) is 30.7 Å². The molecule has 9 heteroatoms. The second kappa shape index (κ2) is 12.0. The molecule has 1 saturated heterocycles. The van der Waals surface area contributed by atoms with Crippen LogP contribution in [0.15, 0.2) is 33.8 Å². The first kappa shape index (κ1) is 24.3. The smallest absolute Gasteiger partial charge is 0.228 e. The van der Waals surface area contributed by atoms with Crippen molar-refractivity contribution >= 4 is 41.5 Å². The van der Waals surface area contributed by atoms with Gasteiger partial charge in [0.1, 0.15) is 0 Å². The fourth-order valence-electron chi connectivity index (χ4n) is 4.43. The molecule has 4 rings (SSSR count). The highest BCUT2D eigenvalue weighted by Gasteiger charge is 2.27. The molecule has 0 amide bonds. The Bertz CT molecular complexity index is 829. The number of aromatic nitrogens is 2. The van der Waals surface area contributed by atoms with Gasteiger partial charge in [-0.15, -0.1) is 24.0 Å². The maximum absolute atomic E-state index is 5.93. The van der Waals surface area contributed by atoms with E-state index >= 15 is 0 Å². The molecule has 7 nitrogen and oxygen atoms in total. The molecule has 1 aliphatic heterocycles. The molecule has 0 bridgehead atoms. The van der Waals surface area contributed by atoms with Crippen molar-refractivity contribution in [1.29, 1.82) is 0 Å². The van der Waals surface area contributed by atoms with Crippen LogP contribution in [-0.2, 0) is 6.42 Å². The van der Waals surface area contributed by atoms with Crippen molar-refractivity contribution in [2.24, 2.45) is 4.99 Å². The van der Waals surface area contributed by atoms with Crippen LogP contribution >= 0.6 is 35.6 Å². The highest BCUT2D eigenvalue weighted by Crippen LogP contribution is 2.26. The van der Waals surface area contributed by atoms with Crippen LogP contribution in [0, 0.1) is 0 Å². The van der Waals surface area contributed by atoms with Crippen LogP contribution in [0.2, 0.25) is 5.02 Å². The molecule has 1 saturated carbocycles. The number of hydrogen-bond donors (Lipinski definition) is 2. The molecule has 0 atom stereocenters. The number of piperidine rings is 1. The van der Waals surface area contributed by atoms with Crippen LogP contribution in [-0.4, -0.2) is 59.8 Å². The lowest BCUT2D eigenvalue weighted by Gasteiger charge is -2.36. The van der Waals surface area contributed by atoms with Gasteiger partial charge in [-0.05, 0) is 49.9 Å². The lowest BCUT2D eigenvalue weighted by molar-refractivity contribution is 0.150. The topological polar surface area (TPSA) is 78.6 Å². The molecular formula is C22H32ClIN6O. The Morgan fingerprint density at radius 1 is 1.16 bits per heavy atom. The van der Waals surface area contributed by atoms with Crippen molar-refractivity contribution in [3.05, 3.63) is 35.2 Å². The number of rotatable bonds is 6. The van der Waals surface area contributed by atoms with Gasteiger partial charge in [-0.2, -0.15) is 4.98 Å². The molecule has 0 radical (unpaired) electrons. The van der Waals surface area contributed by atoms with Gasteiger partial charge in [0.25, 0.3) is 0 Å². The maximum atomic E-state index is 5.93. The van der Waals surface area contributed by atoms with E-state index < -0.39 is 0 Å². The molecule has 1 aromatic heterocycles. The maximum Gasteiger partial charge on any atom is 0.228 e. The van der Waals surface area contributed by atoms with Gasteiger partial charge in [-0.3, -0.25) is 4.99 Å². The largest absolute Gasteiger partial charge is 0.356 e. The van der Waals surface area contributed by atoms with E-state index in [1.165, 1.54) is 51.6 Å². The van der Waals surface area contributed by atoms with Crippen LogP contribution in [0.4, 0.5) is 0 Å². The zero-order valence-corrected chi connectivity index (χ0v) is 21.1. The molecule has 2 N–H and O–H groups in total. The summed E-state index contributed by atoms with van der Waals surface area (Å²) in [6, 6.07) is 8.73. The Morgan fingerprint density at radius 3 is 2.55 bits per heavy atom. The number of aliphatic imine (C=N–C) groups is 1. The Labute approximate surface area is 206 Å². The van der Waals surface area contributed by atoms with E-state index in [0.717, 1.165) is 17.6 Å². The Morgan fingerprint density at radius 2 is 1.87 bits per heavy atom. The summed E-state index contributed by atoms with van der Waals surface area (Å²) in [7, 11) is 1.81. The number of guanidine groups is 1. The van der Waals surface area contributed by atoms with Crippen molar-refractivity contribution in [3.8, 4) is 11.4 Å². The normalized spacial score (nSPS) is 18.7. The summed E-state index contributed by atoms with van der Waals surface area (Å²) in [6.45, 7) is 3.06. The minimum Gasteiger partial charge on any atom is -0.356 e. The van der Waals surface area contributed by atoms with Gasteiger partial charge in [-0.25, -0.2) is 0 Å². The van der Waals surface area contributed by atoms with Crippen LogP contribution in [0.3, 0.4) is 0 Å². The Kier molecular flexibility index (Phi) is 9.40. The van der Waals surface area contributed by atoms with E-state index in [-0.39, 0.29) is 24.0 Å². The number of nitrogens with one attached hydrogen (secondary N) is 2. The molecule has 2 fully saturated rings. The van der Waals surface area contributed by atoms with Crippen LogP contribution in [0.5, 0.6) is 0 Å².